The van der Waals surface area contributed by atoms with E-state index in [2.05, 4.69) is 15.2 Å². The van der Waals surface area contributed by atoms with Gasteiger partial charge in [0, 0.05) is 30.4 Å². The van der Waals surface area contributed by atoms with E-state index in [1.165, 1.54) is 0 Å². The minimum Gasteiger partial charge on any atom is -0.477 e. The topological polar surface area (TPSA) is 82.1 Å². The van der Waals surface area contributed by atoms with Gasteiger partial charge in [-0.3, -0.25) is 5.10 Å². The summed E-state index contributed by atoms with van der Waals surface area (Å²) in [5.74, 6) is -0.483. The van der Waals surface area contributed by atoms with Gasteiger partial charge in [0.2, 0.25) is 5.16 Å². The summed E-state index contributed by atoms with van der Waals surface area (Å²) >= 11 is 6.88. The predicted molar refractivity (Wildman–Crippen MR) is 109 cm³/mol. The molecule has 27 heavy (non-hydrogen) atoms. The van der Waals surface area contributed by atoms with Crippen molar-refractivity contribution in [3.05, 3.63) is 64.0 Å². The fourth-order valence-corrected chi connectivity index (χ4v) is 3.12. The first-order chi connectivity index (χ1) is 12.9. The van der Waals surface area contributed by atoms with Crippen molar-refractivity contribution < 1.29 is 9.90 Å². The van der Waals surface area contributed by atoms with E-state index in [0.29, 0.717) is 16.0 Å². The van der Waals surface area contributed by atoms with Crippen LogP contribution in [0.1, 0.15) is 5.56 Å². The summed E-state index contributed by atoms with van der Waals surface area (Å²) in [5.41, 5.74) is 2.65. The van der Waals surface area contributed by atoms with Crippen molar-refractivity contribution >= 4 is 41.1 Å². The van der Waals surface area contributed by atoms with E-state index >= 15 is 0 Å². The molecule has 0 saturated carbocycles. The van der Waals surface area contributed by atoms with Gasteiger partial charge in [-0.1, -0.05) is 23.7 Å². The molecule has 0 bridgehead atoms. The van der Waals surface area contributed by atoms with Crippen molar-refractivity contribution in [2.75, 3.05) is 19.0 Å². The number of rotatable bonds is 6. The van der Waals surface area contributed by atoms with Crippen LogP contribution in [0.4, 0.5) is 5.69 Å². The van der Waals surface area contributed by atoms with Crippen molar-refractivity contribution in [3.8, 4) is 11.4 Å². The quantitative estimate of drug-likeness (QED) is 0.471. The highest BCUT2D eigenvalue weighted by molar-refractivity contribution is 8.04. The van der Waals surface area contributed by atoms with Crippen molar-refractivity contribution in [2.45, 2.75) is 5.16 Å². The van der Waals surface area contributed by atoms with Crippen molar-refractivity contribution in [3.63, 3.8) is 0 Å². The molecule has 2 N–H and O–H groups in total. The van der Waals surface area contributed by atoms with Gasteiger partial charge in [-0.05, 0) is 59.8 Å². The number of nitrogens with one attached hydrogen (secondary N) is 1. The normalized spacial score (nSPS) is 11.4. The van der Waals surface area contributed by atoms with Crippen LogP contribution < -0.4 is 4.90 Å². The lowest BCUT2D eigenvalue weighted by Gasteiger charge is -2.11. The molecule has 1 heterocycles. The Kier molecular flexibility index (Phi) is 5.83. The molecule has 0 atom stereocenters. The van der Waals surface area contributed by atoms with Crippen LogP contribution in [0.3, 0.4) is 0 Å². The zero-order chi connectivity index (χ0) is 19.4. The number of hydrogen-bond acceptors (Lipinski definition) is 5. The van der Waals surface area contributed by atoms with Gasteiger partial charge < -0.3 is 10.0 Å². The number of H-pyrrole nitrogens is 1. The van der Waals surface area contributed by atoms with Gasteiger partial charge in [0.1, 0.15) is 4.91 Å². The third kappa shape index (κ3) is 4.90. The third-order valence-electron chi connectivity index (χ3n) is 3.70. The fraction of sp³-hybridized carbons (Fsp3) is 0.105. The number of nitrogens with zero attached hydrogens (tertiary/aromatic N) is 3. The number of carbonyl (C=O) groups is 1. The summed E-state index contributed by atoms with van der Waals surface area (Å²) in [6.45, 7) is 0. The second-order valence-electron chi connectivity index (χ2n) is 5.88. The van der Waals surface area contributed by atoms with Crippen LogP contribution in [-0.4, -0.2) is 40.4 Å². The number of benzene rings is 2. The van der Waals surface area contributed by atoms with Crippen molar-refractivity contribution in [1.82, 2.24) is 15.2 Å². The van der Waals surface area contributed by atoms with E-state index in [1.54, 1.807) is 18.2 Å². The minimum atomic E-state index is -1.03. The van der Waals surface area contributed by atoms with Gasteiger partial charge in [0.15, 0.2) is 5.82 Å². The summed E-state index contributed by atoms with van der Waals surface area (Å²) in [4.78, 5) is 18.1. The molecule has 3 aromatic rings. The Hall–Kier alpha value is -2.77. The summed E-state index contributed by atoms with van der Waals surface area (Å²) in [5, 5.41) is 17.4. The molecule has 0 fully saturated rings. The number of thioether (sulfide) groups is 1. The fourth-order valence-electron chi connectivity index (χ4n) is 2.28. The van der Waals surface area contributed by atoms with Crippen LogP contribution in [0.15, 0.2) is 58.6 Å². The lowest BCUT2D eigenvalue weighted by atomic mass is 10.2. The molecule has 0 aliphatic heterocycles. The molecule has 0 radical (unpaired) electrons. The second kappa shape index (κ2) is 8.28. The minimum absolute atomic E-state index is 0.134. The molecule has 2 aromatic carbocycles. The maximum absolute atomic E-state index is 11.6. The Balaban J connectivity index is 1.80. The van der Waals surface area contributed by atoms with E-state index in [0.717, 1.165) is 28.6 Å². The highest BCUT2D eigenvalue weighted by Gasteiger charge is 2.14. The van der Waals surface area contributed by atoms with Gasteiger partial charge in [-0.2, -0.15) is 0 Å². The van der Waals surface area contributed by atoms with Gasteiger partial charge >= 0.3 is 5.97 Å². The molecule has 0 aliphatic carbocycles. The first-order valence-corrected chi connectivity index (χ1v) is 9.20. The first-order valence-electron chi connectivity index (χ1n) is 8.01. The average Bonchev–Trinajstić information content (AvgIpc) is 3.10. The third-order valence-corrected chi connectivity index (χ3v) is 4.83. The maximum atomic E-state index is 11.6. The number of aromatic nitrogens is 3. The van der Waals surface area contributed by atoms with Crippen LogP contribution in [0.2, 0.25) is 5.02 Å². The summed E-state index contributed by atoms with van der Waals surface area (Å²) in [6.07, 6.45) is 1.60. The van der Waals surface area contributed by atoms with E-state index in [1.807, 2.05) is 55.4 Å². The number of hydrogen-bond donors (Lipinski definition) is 2. The highest BCUT2D eigenvalue weighted by Crippen LogP contribution is 2.28. The molecule has 0 saturated heterocycles. The average molecular weight is 401 g/mol. The van der Waals surface area contributed by atoms with Crippen LogP contribution in [0, 0.1) is 0 Å². The number of halogens is 1. The molecule has 138 valence electrons. The van der Waals surface area contributed by atoms with E-state index in [9.17, 15) is 9.90 Å². The molecule has 0 aliphatic rings. The predicted octanol–water partition coefficient (Wildman–Crippen LogP) is 4.41. The number of carboxylic acids is 1. The van der Waals surface area contributed by atoms with Crippen LogP contribution in [-0.2, 0) is 4.79 Å². The summed E-state index contributed by atoms with van der Waals surface area (Å²) < 4.78 is 0. The van der Waals surface area contributed by atoms with Gasteiger partial charge in [-0.25, -0.2) is 9.78 Å². The Morgan fingerprint density at radius 2 is 1.81 bits per heavy atom. The Bertz CT molecular complexity index is 966. The second-order valence-corrected chi connectivity index (χ2v) is 7.32. The van der Waals surface area contributed by atoms with E-state index in [4.69, 9.17) is 11.6 Å². The molecular formula is C19H17ClN4O2S. The summed E-state index contributed by atoms with van der Waals surface area (Å²) in [7, 11) is 3.90. The number of carboxylic acid groups (broad SMARTS) is 1. The monoisotopic (exact) mass is 400 g/mol. The van der Waals surface area contributed by atoms with Gasteiger partial charge in [0.05, 0.1) is 0 Å². The van der Waals surface area contributed by atoms with Crippen LogP contribution in [0.5, 0.6) is 0 Å². The highest BCUT2D eigenvalue weighted by atomic mass is 35.5. The molecule has 8 heteroatoms. The van der Waals surface area contributed by atoms with Crippen LogP contribution >= 0.6 is 23.4 Å². The zero-order valence-corrected chi connectivity index (χ0v) is 16.3. The lowest BCUT2D eigenvalue weighted by Crippen LogP contribution is -2.07. The van der Waals surface area contributed by atoms with Crippen LogP contribution in [0.25, 0.3) is 17.5 Å². The molecule has 6 nitrogen and oxygen atoms in total. The Morgan fingerprint density at radius 3 is 2.41 bits per heavy atom. The molecule has 0 unspecified atom stereocenters. The molecule has 0 amide bonds. The number of aliphatic carboxylic acids is 1. The first kappa shape index (κ1) is 19.0. The largest absolute Gasteiger partial charge is 0.477 e. The zero-order valence-electron chi connectivity index (χ0n) is 14.7. The standard InChI is InChI=1S/C19H17ClN4O2S/c1-24(2)15-9-3-12(4-10-15)11-16(18(25)26)27-19-21-17(22-23-19)13-5-7-14(20)8-6-13/h3-11H,1-2H3,(H,25,26)(H,21,22,23)/b16-11-. The lowest BCUT2D eigenvalue weighted by molar-refractivity contribution is -0.131. The van der Waals surface area contributed by atoms with E-state index < -0.39 is 5.97 Å². The van der Waals surface area contributed by atoms with E-state index in [-0.39, 0.29) is 4.91 Å². The smallest absolute Gasteiger partial charge is 0.342 e. The molecule has 3 rings (SSSR count). The Labute approximate surface area is 165 Å². The van der Waals surface area contributed by atoms with Crippen molar-refractivity contribution in [1.29, 1.82) is 0 Å². The Morgan fingerprint density at radius 1 is 1.15 bits per heavy atom. The molecular weight excluding hydrogens is 384 g/mol. The number of anilines is 1. The number of aromatic amines is 1. The van der Waals surface area contributed by atoms with Gasteiger partial charge in [-0.15, -0.1) is 5.10 Å². The maximum Gasteiger partial charge on any atom is 0.342 e. The summed E-state index contributed by atoms with van der Waals surface area (Å²) in [6, 6.07) is 14.8. The molecule has 0 spiro atoms. The SMILES string of the molecule is CN(C)c1ccc(/C=C(\Sc2n[nH]c(-c3ccc(Cl)cc3)n2)C(=O)O)cc1. The molecule has 1 aromatic heterocycles. The van der Waals surface area contributed by atoms with Gasteiger partial charge in [0.25, 0.3) is 0 Å². The van der Waals surface area contributed by atoms with Crippen molar-refractivity contribution in [2.24, 2.45) is 0 Å².